The molecule has 0 spiro atoms. The molecule has 8 nitrogen and oxygen atoms in total. The van der Waals surface area contributed by atoms with E-state index in [9.17, 15) is 19.5 Å². The van der Waals surface area contributed by atoms with Gasteiger partial charge >= 0.3 is 13.8 Å². The van der Waals surface area contributed by atoms with Crippen LogP contribution in [-0.4, -0.2) is 27.2 Å². The molecule has 0 unspecified atom stereocenters. The zero-order valence-corrected chi connectivity index (χ0v) is 5.93. The van der Waals surface area contributed by atoms with Gasteiger partial charge in [0.2, 0.25) is 0 Å². The number of hydrogen-bond donors (Lipinski definition) is 2. The standard InChI is InChI=1S/C2H4NO7P/c4-2(1-3(5)6)10-11(7,8)9/h1H2,(H2,7,8,9). The van der Waals surface area contributed by atoms with Gasteiger partial charge in [-0.2, -0.15) is 0 Å². The summed E-state index contributed by atoms with van der Waals surface area (Å²) in [5.74, 6) is -1.57. The molecule has 0 atom stereocenters. The molecular formula is C2H4NO7P. The molecule has 0 aromatic carbocycles. The van der Waals surface area contributed by atoms with Crippen LogP contribution >= 0.6 is 7.82 Å². The molecule has 0 saturated carbocycles. The average Bonchev–Trinajstić information content (AvgIpc) is 1.53. The van der Waals surface area contributed by atoms with Crippen molar-refractivity contribution >= 4 is 13.8 Å². The molecule has 0 radical (unpaired) electrons. The molecule has 0 aliphatic heterocycles. The van der Waals surface area contributed by atoms with Gasteiger partial charge in [-0.05, 0) is 0 Å². The van der Waals surface area contributed by atoms with Gasteiger partial charge in [0.1, 0.15) is 0 Å². The van der Waals surface area contributed by atoms with E-state index in [4.69, 9.17) is 9.79 Å². The summed E-state index contributed by atoms with van der Waals surface area (Å²) >= 11 is 0. The molecule has 0 fully saturated rings. The summed E-state index contributed by atoms with van der Waals surface area (Å²) < 4.78 is 13.2. The summed E-state index contributed by atoms with van der Waals surface area (Å²) in [6.07, 6.45) is 0. The number of nitro groups is 1. The summed E-state index contributed by atoms with van der Waals surface area (Å²) in [6, 6.07) is 0. The second-order valence-electron chi connectivity index (χ2n) is 1.44. The maximum Gasteiger partial charge on any atom is 0.527 e. The van der Waals surface area contributed by atoms with Gasteiger partial charge in [0.15, 0.2) is 0 Å². The summed E-state index contributed by atoms with van der Waals surface area (Å²) in [5.41, 5.74) is 0. The van der Waals surface area contributed by atoms with Gasteiger partial charge in [0, 0.05) is 4.92 Å². The van der Waals surface area contributed by atoms with E-state index in [-0.39, 0.29) is 0 Å². The molecule has 0 aliphatic rings. The van der Waals surface area contributed by atoms with Gasteiger partial charge in [-0.25, -0.2) is 9.36 Å². The van der Waals surface area contributed by atoms with Gasteiger partial charge in [-0.15, -0.1) is 0 Å². The Morgan fingerprint density at radius 1 is 1.64 bits per heavy atom. The van der Waals surface area contributed by atoms with E-state index in [0.717, 1.165) is 0 Å². The van der Waals surface area contributed by atoms with Crippen LogP contribution in [0.2, 0.25) is 0 Å². The Bertz CT molecular complexity index is 216. The largest absolute Gasteiger partial charge is 0.527 e. The molecule has 0 aromatic heterocycles. The number of nitrogens with zero attached hydrogens (tertiary/aromatic N) is 1. The lowest BCUT2D eigenvalue weighted by Crippen LogP contribution is -2.15. The highest BCUT2D eigenvalue weighted by atomic mass is 31.2. The van der Waals surface area contributed by atoms with Crippen molar-refractivity contribution < 1.29 is 28.6 Å². The molecule has 0 bridgehead atoms. The molecule has 0 aliphatic carbocycles. The third kappa shape index (κ3) is 6.91. The summed E-state index contributed by atoms with van der Waals surface area (Å²) in [6.45, 7) is -1.26. The average molecular weight is 185 g/mol. The fourth-order valence-corrected chi connectivity index (χ4v) is 0.590. The second-order valence-corrected chi connectivity index (χ2v) is 2.61. The lowest BCUT2D eigenvalue weighted by molar-refractivity contribution is -0.469. The molecule has 11 heavy (non-hydrogen) atoms. The first-order chi connectivity index (χ1) is 4.81. The van der Waals surface area contributed by atoms with Crippen LogP contribution in [0.1, 0.15) is 0 Å². The number of carbonyl (C=O) groups is 1. The van der Waals surface area contributed by atoms with E-state index < -0.39 is 25.3 Å². The highest BCUT2D eigenvalue weighted by Gasteiger charge is 2.23. The summed E-state index contributed by atoms with van der Waals surface area (Å²) in [7, 11) is -4.93. The van der Waals surface area contributed by atoms with Gasteiger partial charge in [0.25, 0.3) is 6.54 Å². The molecular weight excluding hydrogens is 181 g/mol. The minimum atomic E-state index is -4.93. The Labute approximate surface area is 60.2 Å². The van der Waals surface area contributed by atoms with Crippen molar-refractivity contribution in [2.24, 2.45) is 0 Å². The molecule has 0 aromatic rings. The van der Waals surface area contributed by atoms with Crippen LogP contribution in [-0.2, 0) is 13.9 Å². The SMILES string of the molecule is O=C(C[N+](=O)[O-])OP(=O)(O)O. The number of phosphoric ester groups is 1. The van der Waals surface area contributed by atoms with Gasteiger partial charge in [-0.1, -0.05) is 0 Å². The Hall–Kier alpha value is -0.980. The fourth-order valence-electron chi connectivity index (χ4n) is 0.267. The van der Waals surface area contributed by atoms with Crippen LogP contribution in [0.5, 0.6) is 0 Å². The van der Waals surface area contributed by atoms with Gasteiger partial charge < -0.3 is 4.52 Å². The Kier molecular flexibility index (Phi) is 3.12. The zero-order chi connectivity index (χ0) is 9.07. The Balaban J connectivity index is 3.90. The number of rotatable bonds is 3. The topological polar surface area (TPSA) is 127 Å². The molecule has 2 N–H and O–H groups in total. The molecule has 0 amide bonds. The molecule has 0 heterocycles. The minimum Gasteiger partial charge on any atom is -0.366 e. The van der Waals surface area contributed by atoms with E-state index in [1.807, 2.05) is 0 Å². The predicted molar refractivity (Wildman–Crippen MR) is 30.0 cm³/mol. The van der Waals surface area contributed by atoms with Crippen LogP contribution in [0.15, 0.2) is 0 Å². The van der Waals surface area contributed by atoms with Crippen molar-refractivity contribution in [2.45, 2.75) is 0 Å². The number of carbonyl (C=O) groups excluding carboxylic acids is 1. The van der Waals surface area contributed by atoms with Crippen molar-refractivity contribution in [3.05, 3.63) is 10.1 Å². The fraction of sp³-hybridized carbons (Fsp3) is 0.500. The Morgan fingerprint density at radius 3 is 2.36 bits per heavy atom. The highest BCUT2D eigenvalue weighted by molar-refractivity contribution is 7.46. The third-order valence-electron chi connectivity index (χ3n) is 0.479. The maximum absolute atomic E-state index is 10.1. The van der Waals surface area contributed by atoms with Crippen molar-refractivity contribution in [3.63, 3.8) is 0 Å². The van der Waals surface area contributed by atoms with Crippen LogP contribution in [0.25, 0.3) is 0 Å². The first-order valence-electron chi connectivity index (χ1n) is 2.21. The van der Waals surface area contributed by atoms with Crippen LogP contribution in [0.3, 0.4) is 0 Å². The van der Waals surface area contributed by atoms with Gasteiger partial charge in [-0.3, -0.25) is 19.9 Å². The molecule has 0 rings (SSSR count). The lowest BCUT2D eigenvalue weighted by atomic mass is 10.7. The number of hydrogen-bond acceptors (Lipinski definition) is 5. The predicted octanol–water partition coefficient (Wildman–Crippen LogP) is -1.10. The first kappa shape index (κ1) is 10.0. The highest BCUT2D eigenvalue weighted by Crippen LogP contribution is 2.35. The van der Waals surface area contributed by atoms with E-state index in [1.165, 1.54) is 0 Å². The second kappa shape index (κ2) is 3.42. The van der Waals surface area contributed by atoms with E-state index in [0.29, 0.717) is 0 Å². The quantitative estimate of drug-likeness (QED) is 0.324. The lowest BCUT2D eigenvalue weighted by Gasteiger charge is -2.00. The smallest absolute Gasteiger partial charge is 0.366 e. The minimum absolute atomic E-state index is 1.06. The van der Waals surface area contributed by atoms with E-state index in [1.54, 1.807) is 0 Å². The molecule has 9 heteroatoms. The number of phosphoric acid groups is 1. The molecule has 64 valence electrons. The van der Waals surface area contributed by atoms with Crippen LogP contribution in [0, 0.1) is 10.1 Å². The molecule has 0 saturated heterocycles. The van der Waals surface area contributed by atoms with Crippen molar-refractivity contribution in [1.82, 2.24) is 0 Å². The summed E-state index contributed by atoms with van der Waals surface area (Å²) in [4.78, 5) is 34.5. The van der Waals surface area contributed by atoms with Crippen LogP contribution in [0.4, 0.5) is 0 Å². The van der Waals surface area contributed by atoms with Crippen LogP contribution < -0.4 is 0 Å². The first-order valence-corrected chi connectivity index (χ1v) is 3.74. The zero-order valence-electron chi connectivity index (χ0n) is 5.04. The normalized spacial score (nSPS) is 10.7. The maximum atomic E-state index is 10.1. The summed E-state index contributed by atoms with van der Waals surface area (Å²) in [5, 5.41) is 9.55. The van der Waals surface area contributed by atoms with Crippen molar-refractivity contribution in [2.75, 3.05) is 6.54 Å². The van der Waals surface area contributed by atoms with E-state index in [2.05, 4.69) is 4.52 Å². The van der Waals surface area contributed by atoms with E-state index >= 15 is 0 Å². The van der Waals surface area contributed by atoms with Crippen molar-refractivity contribution in [1.29, 1.82) is 0 Å². The third-order valence-corrected chi connectivity index (χ3v) is 0.920. The monoisotopic (exact) mass is 185 g/mol. The van der Waals surface area contributed by atoms with Crippen molar-refractivity contribution in [3.8, 4) is 0 Å². The Morgan fingerprint density at radius 2 is 2.09 bits per heavy atom. The van der Waals surface area contributed by atoms with Gasteiger partial charge in [0.05, 0.1) is 0 Å².